The van der Waals surface area contributed by atoms with Crippen LogP contribution in [-0.4, -0.2) is 22.2 Å². The van der Waals surface area contributed by atoms with Crippen LogP contribution in [0.4, 0.5) is 0 Å². The van der Waals surface area contributed by atoms with Gasteiger partial charge in [0, 0.05) is 17.1 Å². The van der Waals surface area contributed by atoms with Crippen molar-refractivity contribution in [2.24, 2.45) is 0 Å². The maximum atomic E-state index is 11.6. The number of H-pyrrole nitrogens is 1. The molecule has 0 fully saturated rings. The van der Waals surface area contributed by atoms with Gasteiger partial charge in [0.25, 0.3) is 0 Å². The fourth-order valence-electron chi connectivity index (χ4n) is 1.77. The zero-order valence-corrected chi connectivity index (χ0v) is 9.86. The van der Waals surface area contributed by atoms with Gasteiger partial charge in [-0.2, -0.15) is 0 Å². The summed E-state index contributed by atoms with van der Waals surface area (Å²) in [4.78, 5) is 14.6. The SMILES string of the molecule is CC(C)OC(=O)Cc1c[nH]c2ccc(O)cc12. The summed E-state index contributed by atoms with van der Waals surface area (Å²) in [6, 6.07) is 5.03. The van der Waals surface area contributed by atoms with Gasteiger partial charge in [0.1, 0.15) is 5.75 Å². The van der Waals surface area contributed by atoms with Gasteiger partial charge < -0.3 is 14.8 Å². The van der Waals surface area contributed by atoms with Gasteiger partial charge in [-0.1, -0.05) is 0 Å². The Morgan fingerprint density at radius 1 is 1.47 bits per heavy atom. The van der Waals surface area contributed by atoms with Crippen LogP contribution >= 0.6 is 0 Å². The van der Waals surface area contributed by atoms with Crippen molar-refractivity contribution in [3.05, 3.63) is 30.0 Å². The summed E-state index contributed by atoms with van der Waals surface area (Å²) in [6.45, 7) is 3.64. The Labute approximate surface area is 99.2 Å². The number of aromatic nitrogens is 1. The number of rotatable bonds is 3. The predicted octanol–water partition coefficient (Wildman–Crippen LogP) is 2.37. The zero-order valence-electron chi connectivity index (χ0n) is 9.86. The smallest absolute Gasteiger partial charge is 0.310 e. The van der Waals surface area contributed by atoms with Crippen LogP contribution in [0.5, 0.6) is 5.75 Å². The van der Waals surface area contributed by atoms with E-state index in [1.54, 1.807) is 24.4 Å². The molecule has 1 aromatic heterocycles. The number of benzene rings is 1. The molecule has 4 heteroatoms. The fourth-order valence-corrected chi connectivity index (χ4v) is 1.77. The van der Waals surface area contributed by atoms with Gasteiger partial charge in [-0.3, -0.25) is 4.79 Å². The summed E-state index contributed by atoms with van der Waals surface area (Å²) in [5.74, 6) is -0.0696. The summed E-state index contributed by atoms with van der Waals surface area (Å²) in [6.07, 6.45) is 1.87. The monoisotopic (exact) mass is 233 g/mol. The first kappa shape index (κ1) is 11.5. The number of phenols is 1. The van der Waals surface area contributed by atoms with E-state index in [-0.39, 0.29) is 24.2 Å². The predicted molar refractivity (Wildman–Crippen MR) is 64.9 cm³/mol. The lowest BCUT2D eigenvalue weighted by atomic mass is 10.1. The molecule has 0 atom stereocenters. The molecule has 90 valence electrons. The normalized spacial score (nSPS) is 11.0. The first-order valence-electron chi connectivity index (χ1n) is 5.54. The van der Waals surface area contributed by atoms with Gasteiger partial charge in [0.2, 0.25) is 0 Å². The molecule has 0 amide bonds. The lowest BCUT2D eigenvalue weighted by Crippen LogP contribution is -2.13. The van der Waals surface area contributed by atoms with Crippen LogP contribution in [0.25, 0.3) is 10.9 Å². The molecule has 1 heterocycles. The molecule has 0 unspecified atom stereocenters. The Kier molecular flexibility index (Phi) is 3.04. The number of carbonyl (C=O) groups excluding carboxylic acids is 1. The minimum atomic E-state index is -0.260. The maximum Gasteiger partial charge on any atom is 0.310 e. The highest BCUT2D eigenvalue weighted by Gasteiger charge is 2.11. The van der Waals surface area contributed by atoms with Crippen molar-refractivity contribution in [1.82, 2.24) is 4.98 Å². The number of aromatic hydroxyl groups is 1. The Bertz CT molecular complexity index is 543. The summed E-state index contributed by atoms with van der Waals surface area (Å²) < 4.78 is 5.09. The molecular formula is C13H15NO3. The van der Waals surface area contributed by atoms with Crippen molar-refractivity contribution in [3.63, 3.8) is 0 Å². The van der Waals surface area contributed by atoms with Crippen molar-refractivity contribution in [2.75, 3.05) is 0 Å². The van der Waals surface area contributed by atoms with E-state index in [9.17, 15) is 9.90 Å². The minimum absolute atomic E-state index is 0.110. The van der Waals surface area contributed by atoms with Gasteiger partial charge in [0.05, 0.1) is 12.5 Å². The van der Waals surface area contributed by atoms with E-state index in [1.807, 2.05) is 13.8 Å². The first-order chi connectivity index (χ1) is 8.06. The van der Waals surface area contributed by atoms with Crippen molar-refractivity contribution in [2.45, 2.75) is 26.4 Å². The summed E-state index contributed by atoms with van der Waals surface area (Å²) in [7, 11) is 0. The van der Waals surface area contributed by atoms with E-state index >= 15 is 0 Å². The number of carbonyl (C=O) groups is 1. The third-order valence-corrected chi connectivity index (χ3v) is 2.45. The molecule has 0 radical (unpaired) electrons. The molecule has 4 nitrogen and oxygen atoms in total. The maximum absolute atomic E-state index is 11.6. The number of phenolic OH excluding ortho intramolecular Hbond substituents is 1. The largest absolute Gasteiger partial charge is 0.508 e. The second-order valence-corrected chi connectivity index (χ2v) is 4.26. The van der Waals surface area contributed by atoms with Crippen LogP contribution < -0.4 is 0 Å². The van der Waals surface area contributed by atoms with Crippen LogP contribution in [-0.2, 0) is 16.0 Å². The zero-order chi connectivity index (χ0) is 12.4. The van der Waals surface area contributed by atoms with Crippen molar-refractivity contribution in [3.8, 4) is 5.75 Å². The summed E-state index contributed by atoms with van der Waals surface area (Å²) in [5.41, 5.74) is 1.73. The van der Waals surface area contributed by atoms with E-state index < -0.39 is 0 Å². The summed E-state index contributed by atoms with van der Waals surface area (Å²) in [5, 5.41) is 10.3. The highest BCUT2D eigenvalue weighted by Crippen LogP contribution is 2.23. The fraction of sp³-hybridized carbons (Fsp3) is 0.308. The highest BCUT2D eigenvalue weighted by molar-refractivity contribution is 5.88. The van der Waals surface area contributed by atoms with E-state index in [0.717, 1.165) is 16.5 Å². The van der Waals surface area contributed by atoms with Gasteiger partial charge in [-0.15, -0.1) is 0 Å². The Morgan fingerprint density at radius 3 is 2.94 bits per heavy atom. The Hall–Kier alpha value is -1.97. The Morgan fingerprint density at radius 2 is 2.24 bits per heavy atom. The molecule has 0 aliphatic carbocycles. The van der Waals surface area contributed by atoms with Crippen LogP contribution in [0.3, 0.4) is 0 Å². The first-order valence-corrected chi connectivity index (χ1v) is 5.54. The summed E-state index contributed by atoms with van der Waals surface area (Å²) >= 11 is 0. The van der Waals surface area contributed by atoms with Crippen LogP contribution in [0, 0.1) is 0 Å². The van der Waals surface area contributed by atoms with E-state index in [2.05, 4.69) is 4.98 Å². The molecule has 0 spiro atoms. The molecule has 0 saturated carbocycles. The van der Waals surface area contributed by atoms with Gasteiger partial charge in [-0.25, -0.2) is 0 Å². The average Bonchev–Trinajstić information content (AvgIpc) is 2.60. The third kappa shape index (κ3) is 2.58. The van der Waals surface area contributed by atoms with E-state index in [1.165, 1.54) is 0 Å². The number of nitrogens with one attached hydrogen (secondary N) is 1. The van der Waals surface area contributed by atoms with E-state index in [4.69, 9.17) is 4.74 Å². The molecule has 17 heavy (non-hydrogen) atoms. The lowest BCUT2D eigenvalue weighted by Gasteiger charge is -2.07. The number of esters is 1. The molecule has 2 rings (SSSR count). The second-order valence-electron chi connectivity index (χ2n) is 4.26. The molecule has 0 aliphatic heterocycles. The molecule has 2 aromatic rings. The highest BCUT2D eigenvalue weighted by atomic mass is 16.5. The van der Waals surface area contributed by atoms with Crippen LogP contribution in [0.2, 0.25) is 0 Å². The van der Waals surface area contributed by atoms with Gasteiger partial charge >= 0.3 is 5.97 Å². The molecule has 2 N–H and O–H groups in total. The number of hydrogen-bond donors (Lipinski definition) is 2. The molecule has 0 saturated heterocycles. The second kappa shape index (κ2) is 4.49. The average molecular weight is 233 g/mol. The molecule has 1 aromatic carbocycles. The number of ether oxygens (including phenoxy) is 1. The topological polar surface area (TPSA) is 62.3 Å². The van der Waals surface area contributed by atoms with Gasteiger partial charge in [-0.05, 0) is 37.6 Å². The van der Waals surface area contributed by atoms with Crippen molar-refractivity contribution >= 4 is 16.9 Å². The third-order valence-electron chi connectivity index (χ3n) is 2.45. The number of fused-ring (bicyclic) bond motifs is 1. The van der Waals surface area contributed by atoms with Gasteiger partial charge in [0.15, 0.2) is 0 Å². The molecule has 0 aliphatic rings. The van der Waals surface area contributed by atoms with Crippen molar-refractivity contribution in [1.29, 1.82) is 0 Å². The van der Waals surface area contributed by atoms with Crippen LogP contribution in [0.15, 0.2) is 24.4 Å². The molecular weight excluding hydrogens is 218 g/mol. The lowest BCUT2D eigenvalue weighted by molar-refractivity contribution is -0.146. The van der Waals surface area contributed by atoms with E-state index in [0.29, 0.717) is 0 Å². The minimum Gasteiger partial charge on any atom is -0.508 e. The Balaban J connectivity index is 2.24. The van der Waals surface area contributed by atoms with Crippen LogP contribution in [0.1, 0.15) is 19.4 Å². The standard InChI is InChI=1S/C13H15NO3/c1-8(2)17-13(16)5-9-7-14-12-4-3-10(15)6-11(9)12/h3-4,6-8,14-15H,5H2,1-2H3. The molecule has 0 bridgehead atoms. The number of aromatic amines is 1. The number of hydrogen-bond acceptors (Lipinski definition) is 3. The quantitative estimate of drug-likeness (QED) is 0.800. The van der Waals surface area contributed by atoms with Crippen molar-refractivity contribution < 1.29 is 14.6 Å².